The van der Waals surface area contributed by atoms with Gasteiger partial charge in [-0.05, 0) is 29.8 Å². The monoisotopic (exact) mass is 344 g/mol. The van der Waals surface area contributed by atoms with Crippen LogP contribution in [0.2, 0.25) is 5.02 Å². The van der Waals surface area contributed by atoms with Crippen LogP contribution < -0.4 is 0 Å². The molecule has 0 bridgehead atoms. The van der Waals surface area contributed by atoms with Gasteiger partial charge in [-0.2, -0.15) is 0 Å². The maximum absolute atomic E-state index is 12.4. The van der Waals surface area contributed by atoms with E-state index in [1.807, 2.05) is 24.3 Å². The number of nitrogens with zero attached hydrogens (tertiary/aromatic N) is 2. The van der Waals surface area contributed by atoms with Gasteiger partial charge in [0.25, 0.3) is 5.91 Å². The van der Waals surface area contributed by atoms with E-state index in [1.165, 1.54) is 6.26 Å². The third-order valence-electron chi connectivity index (χ3n) is 3.70. The molecule has 1 aliphatic heterocycles. The van der Waals surface area contributed by atoms with Crippen LogP contribution in [0.25, 0.3) is 0 Å². The first-order chi connectivity index (χ1) is 11.7. The van der Waals surface area contributed by atoms with Gasteiger partial charge in [0.15, 0.2) is 11.9 Å². The van der Waals surface area contributed by atoms with Crippen LogP contribution in [0, 0.1) is 0 Å². The fourth-order valence-electron chi connectivity index (χ4n) is 2.54. The molecule has 5 nitrogen and oxygen atoms in total. The maximum Gasteiger partial charge on any atom is 0.289 e. The smallest absolute Gasteiger partial charge is 0.289 e. The fourth-order valence-corrected chi connectivity index (χ4v) is 2.66. The zero-order valence-electron chi connectivity index (χ0n) is 13.0. The molecule has 1 amide bonds. The van der Waals surface area contributed by atoms with Crippen LogP contribution in [-0.4, -0.2) is 35.7 Å². The highest BCUT2D eigenvalue weighted by molar-refractivity contribution is 6.30. The third-order valence-corrected chi connectivity index (χ3v) is 3.96. The number of furan rings is 1. The average Bonchev–Trinajstić information content (AvgIpc) is 3.26. The van der Waals surface area contributed by atoms with Gasteiger partial charge in [0.2, 0.25) is 0 Å². The van der Waals surface area contributed by atoms with E-state index in [2.05, 4.69) is 11.7 Å². The van der Waals surface area contributed by atoms with Crippen LogP contribution >= 0.6 is 11.6 Å². The van der Waals surface area contributed by atoms with Gasteiger partial charge in [0.1, 0.15) is 0 Å². The summed E-state index contributed by atoms with van der Waals surface area (Å²) in [5.41, 5.74) is 1.81. The molecular weight excluding hydrogens is 328 g/mol. The molecule has 1 atom stereocenters. The highest BCUT2D eigenvalue weighted by Crippen LogP contribution is 2.20. The summed E-state index contributed by atoms with van der Waals surface area (Å²) in [6, 6.07) is 10.8. The topological polar surface area (TPSA) is 55.0 Å². The average molecular weight is 345 g/mol. The van der Waals surface area contributed by atoms with Gasteiger partial charge >= 0.3 is 0 Å². The summed E-state index contributed by atoms with van der Waals surface area (Å²) in [6.45, 7) is 4.52. The number of rotatable bonds is 6. The number of amides is 1. The molecule has 124 valence electrons. The number of oxime groups is 1. The molecule has 6 heteroatoms. The van der Waals surface area contributed by atoms with E-state index >= 15 is 0 Å². The minimum Gasteiger partial charge on any atom is -0.459 e. The summed E-state index contributed by atoms with van der Waals surface area (Å²) in [5.74, 6) is 0.108. The Morgan fingerprint density at radius 1 is 1.38 bits per heavy atom. The number of benzene rings is 1. The summed E-state index contributed by atoms with van der Waals surface area (Å²) in [4.78, 5) is 19.6. The first-order valence-electron chi connectivity index (χ1n) is 7.59. The first-order valence-corrected chi connectivity index (χ1v) is 7.97. The molecule has 0 unspecified atom stereocenters. The second-order valence-electron chi connectivity index (χ2n) is 5.45. The van der Waals surface area contributed by atoms with E-state index < -0.39 is 0 Å². The Morgan fingerprint density at radius 3 is 2.83 bits per heavy atom. The van der Waals surface area contributed by atoms with E-state index in [0.29, 0.717) is 30.3 Å². The van der Waals surface area contributed by atoms with E-state index in [4.69, 9.17) is 20.9 Å². The lowest BCUT2D eigenvalue weighted by atomic mass is 10.0. The highest BCUT2D eigenvalue weighted by atomic mass is 35.5. The van der Waals surface area contributed by atoms with Crippen molar-refractivity contribution in [3.63, 3.8) is 0 Å². The molecule has 0 fully saturated rings. The van der Waals surface area contributed by atoms with Crippen molar-refractivity contribution < 1.29 is 14.0 Å². The second kappa shape index (κ2) is 7.36. The number of carbonyl (C=O) groups excluding carboxylic acids is 1. The molecule has 1 aliphatic rings. The number of carbonyl (C=O) groups is 1. The SMILES string of the molecule is C=CCN(C[C@H]1CC(c2ccc(Cl)cc2)=NO1)C(=O)c1ccco1. The maximum atomic E-state index is 12.4. The van der Waals surface area contributed by atoms with Crippen LogP contribution in [0.3, 0.4) is 0 Å². The molecule has 24 heavy (non-hydrogen) atoms. The lowest BCUT2D eigenvalue weighted by Crippen LogP contribution is -2.37. The van der Waals surface area contributed by atoms with Gasteiger partial charge < -0.3 is 14.2 Å². The summed E-state index contributed by atoms with van der Waals surface area (Å²) < 4.78 is 5.18. The molecule has 0 spiro atoms. The molecular formula is C18H17ClN2O3. The Bertz CT molecular complexity index is 738. The first kappa shape index (κ1) is 16.3. The molecule has 2 aromatic rings. The lowest BCUT2D eigenvalue weighted by Gasteiger charge is -2.22. The normalized spacial score (nSPS) is 16.4. The quantitative estimate of drug-likeness (QED) is 0.750. The molecule has 3 rings (SSSR count). The number of halogens is 1. The highest BCUT2D eigenvalue weighted by Gasteiger charge is 2.27. The van der Waals surface area contributed by atoms with Crippen molar-refractivity contribution in [2.75, 3.05) is 13.1 Å². The zero-order valence-corrected chi connectivity index (χ0v) is 13.8. The Labute approximate surface area is 145 Å². The standard InChI is InChI=1S/C18H17ClN2O3/c1-2-9-21(18(22)17-4-3-10-23-17)12-15-11-16(20-24-15)13-5-7-14(19)8-6-13/h2-8,10,15H,1,9,11-12H2/t15-/m1/s1. The Kier molecular flexibility index (Phi) is 5.01. The second-order valence-corrected chi connectivity index (χ2v) is 5.89. The van der Waals surface area contributed by atoms with Gasteiger partial charge in [-0.3, -0.25) is 4.79 Å². The van der Waals surface area contributed by atoms with Gasteiger partial charge in [-0.15, -0.1) is 6.58 Å². The molecule has 2 heterocycles. The van der Waals surface area contributed by atoms with Crippen LogP contribution in [0.4, 0.5) is 0 Å². The Balaban J connectivity index is 1.64. The molecule has 1 aromatic heterocycles. The van der Waals surface area contributed by atoms with Crippen LogP contribution in [0.5, 0.6) is 0 Å². The van der Waals surface area contributed by atoms with Gasteiger partial charge in [-0.1, -0.05) is 35.0 Å². The van der Waals surface area contributed by atoms with Crippen molar-refractivity contribution in [1.29, 1.82) is 0 Å². The number of hydrogen-bond acceptors (Lipinski definition) is 4. The molecule has 0 saturated heterocycles. The Morgan fingerprint density at radius 2 is 2.17 bits per heavy atom. The van der Waals surface area contributed by atoms with Crippen LogP contribution in [-0.2, 0) is 4.84 Å². The third kappa shape index (κ3) is 3.68. The molecule has 0 saturated carbocycles. The van der Waals surface area contributed by atoms with Crippen molar-refractivity contribution in [3.8, 4) is 0 Å². The molecule has 1 aromatic carbocycles. The summed E-state index contributed by atoms with van der Waals surface area (Å²) in [5, 5.41) is 4.82. The van der Waals surface area contributed by atoms with E-state index in [0.717, 1.165) is 11.3 Å². The van der Waals surface area contributed by atoms with Crippen LogP contribution in [0.15, 0.2) is 64.9 Å². The van der Waals surface area contributed by atoms with Crippen molar-refractivity contribution >= 4 is 23.2 Å². The van der Waals surface area contributed by atoms with Gasteiger partial charge in [-0.25, -0.2) is 0 Å². The Hall–Kier alpha value is -2.53. The number of hydrogen-bond donors (Lipinski definition) is 0. The fraction of sp³-hybridized carbons (Fsp3) is 0.222. The van der Waals surface area contributed by atoms with E-state index in [-0.39, 0.29) is 12.0 Å². The van der Waals surface area contributed by atoms with Crippen molar-refractivity contribution in [2.45, 2.75) is 12.5 Å². The summed E-state index contributed by atoms with van der Waals surface area (Å²) in [7, 11) is 0. The van der Waals surface area contributed by atoms with Gasteiger partial charge in [0.05, 0.1) is 18.5 Å². The predicted molar refractivity (Wildman–Crippen MR) is 92.3 cm³/mol. The van der Waals surface area contributed by atoms with Crippen molar-refractivity contribution in [1.82, 2.24) is 4.90 Å². The molecule has 0 radical (unpaired) electrons. The van der Waals surface area contributed by atoms with Gasteiger partial charge in [0, 0.05) is 18.0 Å². The van der Waals surface area contributed by atoms with Crippen molar-refractivity contribution in [3.05, 3.63) is 71.7 Å². The van der Waals surface area contributed by atoms with E-state index in [9.17, 15) is 4.79 Å². The predicted octanol–water partition coefficient (Wildman–Crippen LogP) is 3.75. The summed E-state index contributed by atoms with van der Waals surface area (Å²) in [6.07, 6.45) is 3.58. The minimum atomic E-state index is -0.199. The van der Waals surface area contributed by atoms with Crippen LogP contribution in [0.1, 0.15) is 22.5 Å². The summed E-state index contributed by atoms with van der Waals surface area (Å²) >= 11 is 5.90. The molecule has 0 aliphatic carbocycles. The lowest BCUT2D eigenvalue weighted by molar-refractivity contribution is 0.0432. The minimum absolute atomic E-state index is 0.191. The molecule has 0 N–H and O–H groups in total. The van der Waals surface area contributed by atoms with Crippen molar-refractivity contribution in [2.24, 2.45) is 5.16 Å². The van der Waals surface area contributed by atoms with E-state index in [1.54, 1.807) is 23.1 Å². The zero-order chi connectivity index (χ0) is 16.9. The largest absolute Gasteiger partial charge is 0.459 e.